The summed E-state index contributed by atoms with van der Waals surface area (Å²) in [5.41, 5.74) is -2.88. The van der Waals surface area contributed by atoms with E-state index in [1.165, 1.54) is 12.1 Å². The van der Waals surface area contributed by atoms with Crippen molar-refractivity contribution in [2.24, 2.45) is 0 Å². The van der Waals surface area contributed by atoms with Gasteiger partial charge in [0, 0.05) is 12.0 Å². The van der Waals surface area contributed by atoms with Crippen LogP contribution in [-0.2, 0) is 0 Å². The lowest BCUT2D eigenvalue weighted by Gasteiger charge is -2.05. The first-order valence-electron chi connectivity index (χ1n) is 4.86. The van der Waals surface area contributed by atoms with Crippen LogP contribution >= 0.6 is 0 Å². The van der Waals surface area contributed by atoms with Crippen molar-refractivity contribution in [2.45, 2.75) is 6.42 Å². The van der Waals surface area contributed by atoms with Crippen molar-refractivity contribution in [2.75, 3.05) is 0 Å². The van der Waals surface area contributed by atoms with E-state index in [1.54, 1.807) is 0 Å². The average molecular weight is 266 g/mol. The van der Waals surface area contributed by atoms with Crippen LogP contribution in [0.3, 0.4) is 0 Å². The number of carbonyl (C=O) groups is 1. The van der Waals surface area contributed by atoms with Gasteiger partial charge in [0.25, 0.3) is 0 Å². The van der Waals surface area contributed by atoms with Gasteiger partial charge in [0.15, 0.2) is 29.1 Å². The van der Waals surface area contributed by atoms with Crippen LogP contribution in [0.2, 0.25) is 0 Å². The van der Waals surface area contributed by atoms with Gasteiger partial charge in [-0.05, 0) is 5.57 Å². The molecule has 0 amide bonds. The van der Waals surface area contributed by atoms with Gasteiger partial charge in [0.05, 0.1) is 5.56 Å². The summed E-state index contributed by atoms with van der Waals surface area (Å²) in [7, 11) is 0. The lowest BCUT2D eigenvalue weighted by molar-refractivity contribution is 0.0999. The summed E-state index contributed by atoms with van der Waals surface area (Å²) < 4.78 is 53.2. The number of nitrogens with zero attached hydrogens (tertiary/aromatic N) is 2. The predicted molar refractivity (Wildman–Crippen MR) is 53.4 cm³/mol. The summed E-state index contributed by atoms with van der Waals surface area (Å²) in [6.07, 6.45) is -0.650. The summed E-state index contributed by atoms with van der Waals surface area (Å²) in [6, 6.07) is 2.79. The van der Waals surface area contributed by atoms with Gasteiger partial charge in [0.2, 0.25) is 0 Å². The summed E-state index contributed by atoms with van der Waals surface area (Å²) >= 11 is 0. The Morgan fingerprint density at radius 3 is 1.84 bits per heavy atom. The number of hydrogen-bond acceptors (Lipinski definition) is 3. The Bertz CT molecular complexity index is 722. The molecule has 0 heterocycles. The molecule has 0 radical (unpaired) electrons. The summed E-state index contributed by atoms with van der Waals surface area (Å²) in [6.45, 7) is 0. The molecule has 0 fully saturated rings. The monoisotopic (exact) mass is 266 g/mol. The molecule has 0 unspecified atom stereocenters. The predicted octanol–water partition coefficient (Wildman–Crippen LogP) is 2.63. The van der Waals surface area contributed by atoms with Crippen molar-refractivity contribution in [3.8, 4) is 12.1 Å². The number of nitriles is 2. The van der Waals surface area contributed by atoms with Gasteiger partial charge < -0.3 is 0 Å². The van der Waals surface area contributed by atoms with Crippen LogP contribution in [-0.4, -0.2) is 5.78 Å². The zero-order valence-electron chi connectivity index (χ0n) is 9.02. The van der Waals surface area contributed by atoms with Gasteiger partial charge in [-0.25, -0.2) is 17.6 Å². The van der Waals surface area contributed by atoms with Gasteiger partial charge in [-0.3, -0.25) is 4.79 Å². The Labute approximate surface area is 104 Å². The molecule has 3 nitrogen and oxygen atoms in total. The van der Waals surface area contributed by atoms with Crippen LogP contribution in [0, 0.1) is 45.9 Å². The zero-order chi connectivity index (χ0) is 14.3. The molecule has 0 bridgehead atoms. The van der Waals surface area contributed by atoms with Crippen LogP contribution in [0.4, 0.5) is 17.6 Å². The molecule has 2 rings (SSSR count). The Hall–Kier alpha value is -2.67. The third-order valence-corrected chi connectivity index (χ3v) is 2.71. The number of allylic oxidation sites excluding steroid dienone is 2. The highest BCUT2D eigenvalue weighted by Crippen LogP contribution is 2.39. The average Bonchev–Trinajstić information content (AvgIpc) is 2.73. The van der Waals surface area contributed by atoms with Crippen LogP contribution in [0.1, 0.15) is 22.3 Å². The van der Waals surface area contributed by atoms with Gasteiger partial charge in [-0.2, -0.15) is 10.5 Å². The van der Waals surface area contributed by atoms with E-state index in [2.05, 4.69) is 0 Å². The van der Waals surface area contributed by atoms with Crippen molar-refractivity contribution in [1.29, 1.82) is 10.5 Å². The summed E-state index contributed by atoms with van der Waals surface area (Å²) in [5, 5.41) is 17.3. The van der Waals surface area contributed by atoms with Crippen LogP contribution < -0.4 is 0 Å². The third kappa shape index (κ3) is 1.59. The highest BCUT2D eigenvalue weighted by Gasteiger charge is 2.37. The highest BCUT2D eigenvalue weighted by molar-refractivity contribution is 6.13. The number of halogens is 4. The van der Waals surface area contributed by atoms with E-state index in [9.17, 15) is 22.4 Å². The smallest absolute Gasteiger partial charge is 0.198 e. The number of ketones is 1. The van der Waals surface area contributed by atoms with Gasteiger partial charge >= 0.3 is 0 Å². The van der Waals surface area contributed by atoms with E-state index in [0.717, 1.165) is 0 Å². The fraction of sp³-hybridized carbons (Fsp3) is 0.0833. The first-order chi connectivity index (χ1) is 8.93. The number of benzene rings is 1. The minimum Gasteiger partial charge on any atom is -0.294 e. The molecule has 0 saturated heterocycles. The molecule has 0 saturated carbocycles. The number of fused-ring (bicyclic) bond motifs is 1. The van der Waals surface area contributed by atoms with Crippen molar-refractivity contribution >= 4 is 11.4 Å². The molecular weight excluding hydrogens is 264 g/mol. The highest BCUT2D eigenvalue weighted by atomic mass is 19.2. The van der Waals surface area contributed by atoms with Crippen molar-refractivity contribution in [3.05, 3.63) is 40.0 Å². The standard InChI is InChI=1S/C12H2F4N2O/c13-9-7-5(4(2-17)3-18)1-6(19)8(7)10(14)12(16)11(9)15/h1H2. The molecule has 0 aliphatic heterocycles. The van der Waals surface area contributed by atoms with E-state index in [1.807, 2.05) is 0 Å². The second-order valence-corrected chi connectivity index (χ2v) is 3.68. The fourth-order valence-electron chi connectivity index (χ4n) is 1.89. The van der Waals surface area contributed by atoms with E-state index in [0.29, 0.717) is 0 Å². The molecule has 94 valence electrons. The second-order valence-electron chi connectivity index (χ2n) is 3.68. The molecule has 1 aromatic carbocycles. The van der Waals surface area contributed by atoms with Crippen molar-refractivity contribution < 1.29 is 22.4 Å². The van der Waals surface area contributed by atoms with Gasteiger partial charge in [-0.1, -0.05) is 0 Å². The van der Waals surface area contributed by atoms with E-state index in [-0.39, 0.29) is 0 Å². The van der Waals surface area contributed by atoms with E-state index >= 15 is 0 Å². The molecule has 0 N–H and O–H groups in total. The second kappa shape index (κ2) is 4.21. The number of carbonyl (C=O) groups excluding carboxylic acids is 1. The van der Waals surface area contributed by atoms with Crippen molar-refractivity contribution in [1.82, 2.24) is 0 Å². The largest absolute Gasteiger partial charge is 0.294 e. The molecular formula is C12H2F4N2O. The van der Waals surface area contributed by atoms with Crippen LogP contribution in [0.5, 0.6) is 0 Å². The lowest BCUT2D eigenvalue weighted by Crippen LogP contribution is -2.06. The first-order valence-corrected chi connectivity index (χ1v) is 4.86. The van der Waals surface area contributed by atoms with E-state index in [4.69, 9.17) is 10.5 Å². The normalized spacial score (nSPS) is 12.9. The molecule has 0 spiro atoms. The van der Waals surface area contributed by atoms with Gasteiger partial charge in [0.1, 0.15) is 17.7 Å². The minimum absolute atomic E-state index is 0.430. The quantitative estimate of drug-likeness (QED) is 0.314. The maximum absolute atomic E-state index is 13.6. The third-order valence-electron chi connectivity index (χ3n) is 2.71. The Kier molecular flexibility index (Phi) is 2.83. The first kappa shape index (κ1) is 12.8. The number of rotatable bonds is 0. The van der Waals surface area contributed by atoms with E-state index < -0.39 is 57.7 Å². The summed E-state index contributed by atoms with van der Waals surface area (Å²) in [4.78, 5) is 11.5. The number of hydrogen-bond donors (Lipinski definition) is 0. The Morgan fingerprint density at radius 1 is 0.895 bits per heavy atom. The van der Waals surface area contributed by atoms with Crippen molar-refractivity contribution in [3.63, 3.8) is 0 Å². The molecule has 1 aliphatic carbocycles. The molecule has 1 aromatic rings. The Balaban J connectivity index is 2.97. The molecule has 7 heteroatoms. The SMILES string of the molecule is N#CC(C#N)=C1CC(=O)c2c(F)c(F)c(F)c(F)c21. The summed E-state index contributed by atoms with van der Waals surface area (Å²) in [5.74, 6) is -8.79. The molecule has 1 aliphatic rings. The molecule has 19 heavy (non-hydrogen) atoms. The minimum atomic E-state index is -2.10. The maximum atomic E-state index is 13.6. The zero-order valence-corrected chi connectivity index (χ0v) is 9.02. The maximum Gasteiger partial charge on any atom is 0.198 e. The molecule has 0 atom stereocenters. The van der Waals surface area contributed by atoms with Crippen LogP contribution in [0.25, 0.3) is 5.57 Å². The Morgan fingerprint density at radius 2 is 1.37 bits per heavy atom. The van der Waals surface area contributed by atoms with Crippen LogP contribution in [0.15, 0.2) is 5.57 Å². The van der Waals surface area contributed by atoms with Gasteiger partial charge in [-0.15, -0.1) is 0 Å². The lowest BCUT2D eigenvalue weighted by atomic mass is 10.0. The fourth-order valence-corrected chi connectivity index (χ4v) is 1.89. The number of Topliss-reactive ketones (excluding diaryl/α,β-unsaturated/α-hetero) is 1. The molecule has 0 aromatic heterocycles. The topological polar surface area (TPSA) is 64.7 Å².